The van der Waals surface area contributed by atoms with Gasteiger partial charge in [-0.3, -0.25) is 20.2 Å². The SMILES string of the molecule is CCc1ccc(-n2c(C)cc(C=C3C(=O)NC(=S)NC3=O)c2C)cc1. The lowest BCUT2D eigenvalue weighted by Crippen LogP contribution is -2.51. The standard InChI is InChI=1S/C19H19N3O2S/c1-4-13-5-7-15(8-6-13)22-11(2)9-14(12(22)3)10-16-17(23)20-19(25)21-18(16)24/h5-10H,4H2,1-3H3,(H2,20,21,23,24,25). The lowest BCUT2D eigenvalue weighted by Gasteiger charge is -2.16. The summed E-state index contributed by atoms with van der Waals surface area (Å²) >= 11 is 4.82. The van der Waals surface area contributed by atoms with Gasteiger partial charge in [-0.2, -0.15) is 0 Å². The molecule has 0 atom stereocenters. The van der Waals surface area contributed by atoms with Gasteiger partial charge in [0.05, 0.1) is 0 Å². The number of amides is 2. The minimum atomic E-state index is -0.481. The Bertz CT molecular complexity index is 885. The molecule has 6 heteroatoms. The molecule has 1 aromatic carbocycles. The average Bonchev–Trinajstić information content (AvgIpc) is 2.85. The first-order chi connectivity index (χ1) is 11.9. The highest BCUT2D eigenvalue weighted by atomic mass is 32.1. The fraction of sp³-hybridized carbons (Fsp3) is 0.211. The monoisotopic (exact) mass is 353 g/mol. The van der Waals surface area contributed by atoms with Gasteiger partial charge in [0.15, 0.2) is 5.11 Å². The molecule has 128 valence electrons. The number of nitrogens with zero attached hydrogens (tertiary/aromatic N) is 1. The Morgan fingerprint density at radius 2 is 1.68 bits per heavy atom. The molecular weight excluding hydrogens is 334 g/mol. The van der Waals surface area contributed by atoms with E-state index in [1.165, 1.54) is 5.56 Å². The van der Waals surface area contributed by atoms with Gasteiger partial charge in [0.1, 0.15) is 5.57 Å². The van der Waals surface area contributed by atoms with Crippen LogP contribution in [0.4, 0.5) is 0 Å². The molecule has 1 saturated heterocycles. The molecule has 2 N–H and O–H groups in total. The number of benzene rings is 1. The van der Waals surface area contributed by atoms with Crippen LogP contribution in [0.5, 0.6) is 0 Å². The highest BCUT2D eigenvalue weighted by molar-refractivity contribution is 7.80. The Kier molecular flexibility index (Phi) is 4.55. The Hall–Kier alpha value is -2.73. The Morgan fingerprint density at radius 1 is 1.08 bits per heavy atom. The molecule has 0 spiro atoms. The number of aryl methyl sites for hydroxylation is 2. The molecule has 1 aliphatic heterocycles. The summed E-state index contributed by atoms with van der Waals surface area (Å²) in [6.07, 6.45) is 2.60. The quantitative estimate of drug-likeness (QED) is 0.506. The second-order valence-electron chi connectivity index (χ2n) is 5.98. The predicted molar refractivity (Wildman–Crippen MR) is 101 cm³/mol. The van der Waals surface area contributed by atoms with Crippen LogP contribution in [0.25, 0.3) is 11.8 Å². The van der Waals surface area contributed by atoms with Crippen molar-refractivity contribution in [2.75, 3.05) is 0 Å². The van der Waals surface area contributed by atoms with E-state index in [0.717, 1.165) is 29.1 Å². The summed E-state index contributed by atoms with van der Waals surface area (Å²) in [5, 5.41) is 4.94. The van der Waals surface area contributed by atoms with Gasteiger partial charge in [-0.15, -0.1) is 0 Å². The summed E-state index contributed by atoms with van der Waals surface area (Å²) in [7, 11) is 0. The van der Waals surface area contributed by atoms with Crippen molar-refractivity contribution >= 4 is 35.2 Å². The van der Waals surface area contributed by atoms with Gasteiger partial charge in [0, 0.05) is 17.1 Å². The van der Waals surface area contributed by atoms with Crippen molar-refractivity contribution < 1.29 is 9.59 Å². The summed E-state index contributed by atoms with van der Waals surface area (Å²) in [4.78, 5) is 24.1. The van der Waals surface area contributed by atoms with Crippen LogP contribution in [0.15, 0.2) is 35.9 Å². The molecule has 2 heterocycles. The zero-order chi connectivity index (χ0) is 18.1. The van der Waals surface area contributed by atoms with E-state index in [2.05, 4.69) is 46.4 Å². The van der Waals surface area contributed by atoms with Crippen molar-refractivity contribution in [2.45, 2.75) is 27.2 Å². The van der Waals surface area contributed by atoms with E-state index in [9.17, 15) is 9.59 Å². The molecule has 25 heavy (non-hydrogen) atoms. The molecule has 0 unspecified atom stereocenters. The second-order valence-corrected chi connectivity index (χ2v) is 6.39. The lowest BCUT2D eigenvalue weighted by molar-refractivity contribution is -0.123. The van der Waals surface area contributed by atoms with Gasteiger partial charge in [-0.05, 0) is 67.9 Å². The summed E-state index contributed by atoms with van der Waals surface area (Å²) < 4.78 is 2.11. The predicted octanol–water partition coefficient (Wildman–Crippen LogP) is 2.57. The zero-order valence-corrected chi connectivity index (χ0v) is 15.2. The van der Waals surface area contributed by atoms with E-state index in [1.807, 2.05) is 19.9 Å². The number of nitrogens with one attached hydrogen (secondary N) is 2. The van der Waals surface area contributed by atoms with Crippen LogP contribution in [0, 0.1) is 13.8 Å². The number of carbonyl (C=O) groups is 2. The van der Waals surface area contributed by atoms with E-state index < -0.39 is 11.8 Å². The highest BCUT2D eigenvalue weighted by Gasteiger charge is 2.26. The van der Waals surface area contributed by atoms with Crippen molar-refractivity contribution in [2.24, 2.45) is 0 Å². The van der Waals surface area contributed by atoms with E-state index in [0.29, 0.717) is 0 Å². The molecule has 0 aliphatic carbocycles. The van der Waals surface area contributed by atoms with Crippen LogP contribution in [0.2, 0.25) is 0 Å². The van der Waals surface area contributed by atoms with Gasteiger partial charge < -0.3 is 4.57 Å². The van der Waals surface area contributed by atoms with Gasteiger partial charge >= 0.3 is 0 Å². The fourth-order valence-corrected chi connectivity index (χ4v) is 3.16. The molecular formula is C19H19N3O2S. The maximum absolute atomic E-state index is 12.0. The Labute approximate surface area is 151 Å². The van der Waals surface area contributed by atoms with Crippen LogP contribution in [-0.4, -0.2) is 21.5 Å². The number of rotatable bonds is 3. The van der Waals surface area contributed by atoms with Gasteiger partial charge in [-0.1, -0.05) is 19.1 Å². The van der Waals surface area contributed by atoms with Gasteiger partial charge in [0.25, 0.3) is 11.8 Å². The van der Waals surface area contributed by atoms with E-state index >= 15 is 0 Å². The number of carbonyl (C=O) groups excluding carboxylic acids is 2. The molecule has 1 aliphatic rings. The molecule has 2 amide bonds. The van der Waals surface area contributed by atoms with Crippen LogP contribution in [0.1, 0.15) is 29.4 Å². The summed E-state index contributed by atoms with van der Waals surface area (Å²) in [5.74, 6) is -0.961. The van der Waals surface area contributed by atoms with Crippen LogP contribution in [-0.2, 0) is 16.0 Å². The van der Waals surface area contributed by atoms with E-state index in [4.69, 9.17) is 12.2 Å². The number of hydrogen-bond donors (Lipinski definition) is 2. The third kappa shape index (κ3) is 3.25. The normalized spacial score (nSPS) is 14.4. The van der Waals surface area contributed by atoms with Crippen LogP contribution in [0.3, 0.4) is 0 Å². The van der Waals surface area contributed by atoms with Crippen molar-refractivity contribution in [3.05, 3.63) is 58.4 Å². The molecule has 3 rings (SSSR count). The topological polar surface area (TPSA) is 63.1 Å². The first kappa shape index (κ1) is 17.1. The van der Waals surface area contributed by atoms with Crippen LogP contribution >= 0.6 is 12.2 Å². The zero-order valence-electron chi connectivity index (χ0n) is 14.3. The molecule has 2 aromatic rings. The van der Waals surface area contributed by atoms with Crippen molar-refractivity contribution in [3.63, 3.8) is 0 Å². The minimum Gasteiger partial charge on any atom is -0.318 e. The Balaban J connectivity index is 2.02. The third-order valence-electron chi connectivity index (χ3n) is 4.32. The lowest BCUT2D eigenvalue weighted by atomic mass is 10.1. The molecule has 5 nitrogen and oxygen atoms in total. The number of thiocarbonyl (C=S) groups is 1. The summed E-state index contributed by atoms with van der Waals surface area (Å²) in [6.45, 7) is 6.09. The largest absolute Gasteiger partial charge is 0.318 e. The highest BCUT2D eigenvalue weighted by Crippen LogP contribution is 2.23. The van der Waals surface area contributed by atoms with Gasteiger partial charge in [0.2, 0.25) is 0 Å². The maximum atomic E-state index is 12.0. The molecule has 0 bridgehead atoms. The van der Waals surface area contributed by atoms with Crippen molar-refractivity contribution in [3.8, 4) is 5.69 Å². The van der Waals surface area contributed by atoms with E-state index in [1.54, 1.807) is 6.08 Å². The summed E-state index contributed by atoms with van der Waals surface area (Å²) in [5.41, 5.74) is 5.19. The molecule has 0 saturated carbocycles. The molecule has 0 radical (unpaired) electrons. The smallest absolute Gasteiger partial charge is 0.263 e. The first-order valence-corrected chi connectivity index (χ1v) is 8.48. The first-order valence-electron chi connectivity index (χ1n) is 8.07. The Morgan fingerprint density at radius 3 is 2.24 bits per heavy atom. The maximum Gasteiger partial charge on any atom is 0.263 e. The van der Waals surface area contributed by atoms with Crippen molar-refractivity contribution in [1.29, 1.82) is 0 Å². The molecule has 1 aromatic heterocycles. The minimum absolute atomic E-state index is 0.0358. The second kappa shape index (κ2) is 6.64. The third-order valence-corrected chi connectivity index (χ3v) is 4.52. The van der Waals surface area contributed by atoms with Crippen LogP contribution < -0.4 is 10.6 Å². The van der Waals surface area contributed by atoms with Crippen molar-refractivity contribution in [1.82, 2.24) is 15.2 Å². The average molecular weight is 353 g/mol. The van der Waals surface area contributed by atoms with E-state index in [-0.39, 0.29) is 10.7 Å². The fourth-order valence-electron chi connectivity index (χ4n) is 2.97. The van der Waals surface area contributed by atoms with Gasteiger partial charge in [-0.25, -0.2) is 0 Å². The number of aromatic nitrogens is 1. The molecule has 1 fully saturated rings. The summed E-state index contributed by atoms with van der Waals surface area (Å²) in [6, 6.07) is 10.3. The number of hydrogen-bond acceptors (Lipinski definition) is 3.